The summed E-state index contributed by atoms with van der Waals surface area (Å²) in [6.45, 7) is 4.08. The molecule has 0 atom stereocenters. The molecular weight excluding hydrogens is 355 g/mol. The molecule has 8 heteroatoms. The molecule has 1 aliphatic heterocycles. The van der Waals surface area contributed by atoms with Crippen LogP contribution in [-0.2, 0) is 0 Å². The molecule has 0 unspecified atom stereocenters. The van der Waals surface area contributed by atoms with Crippen molar-refractivity contribution in [2.75, 3.05) is 44.6 Å². The Labute approximate surface area is 155 Å². The number of carbonyl (C=O) groups excluding carboxylic acids is 2. The fourth-order valence-electron chi connectivity index (χ4n) is 2.73. The van der Waals surface area contributed by atoms with Crippen molar-refractivity contribution in [3.05, 3.63) is 52.5 Å². The van der Waals surface area contributed by atoms with E-state index in [0.717, 1.165) is 19.6 Å². The van der Waals surface area contributed by atoms with Gasteiger partial charge in [0, 0.05) is 55.9 Å². The fourth-order valence-corrected chi connectivity index (χ4v) is 3.37. The van der Waals surface area contributed by atoms with Crippen molar-refractivity contribution >= 4 is 29.0 Å². The lowest BCUT2D eigenvalue weighted by molar-refractivity contribution is 0.0943. The Morgan fingerprint density at radius 1 is 1.08 bits per heavy atom. The van der Waals surface area contributed by atoms with Gasteiger partial charge in [-0.15, -0.1) is 0 Å². The predicted molar refractivity (Wildman–Crippen MR) is 100 cm³/mol. The maximum absolute atomic E-state index is 12.9. The Morgan fingerprint density at radius 3 is 2.46 bits per heavy atom. The maximum atomic E-state index is 12.9. The first-order valence-electron chi connectivity index (χ1n) is 8.46. The molecule has 0 saturated carbocycles. The average molecular weight is 376 g/mol. The molecule has 0 spiro atoms. The first kappa shape index (κ1) is 18.3. The second-order valence-electron chi connectivity index (χ2n) is 6.03. The second kappa shape index (κ2) is 8.77. The number of thiophene rings is 1. The molecule has 2 heterocycles. The number of urea groups is 1. The quantitative estimate of drug-likeness (QED) is 0.843. The molecule has 3 rings (SSSR count). The zero-order valence-electron chi connectivity index (χ0n) is 14.3. The van der Waals surface area contributed by atoms with Gasteiger partial charge in [0.2, 0.25) is 0 Å². The van der Waals surface area contributed by atoms with Gasteiger partial charge in [0.15, 0.2) is 0 Å². The Bertz CT molecular complexity index is 728. The standard InChI is InChI=1S/C18H21FN4O2S/c19-15-1-3-16(4-2-15)21-18(25)23-10-8-22(9-11-23)7-6-20-17(24)14-5-12-26-13-14/h1-5,12-13H,6-11H2,(H,20,24)(H,21,25). The normalized spacial score (nSPS) is 14.9. The van der Waals surface area contributed by atoms with E-state index in [1.807, 2.05) is 10.8 Å². The van der Waals surface area contributed by atoms with Gasteiger partial charge in [-0.05, 0) is 35.7 Å². The topological polar surface area (TPSA) is 64.7 Å². The second-order valence-corrected chi connectivity index (χ2v) is 6.81. The van der Waals surface area contributed by atoms with Gasteiger partial charge >= 0.3 is 6.03 Å². The van der Waals surface area contributed by atoms with Gasteiger partial charge in [-0.25, -0.2) is 9.18 Å². The highest BCUT2D eigenvalue weighted by atomic mass is 32.1. The number of carbonyl (C=O) groups is 2. The number of piperazine rings is 1. The van der Waals surface area contributed by atoms with E-state index in [0.29, 0.717) is 30.9 Å². The summed E-state index contributed by atoms with van der Waals surface area (Å²) in [5.41, 5.74) is 1.27. The van der Waals surface area contributed by atoms with E-state index >= 15 is 0 Å². The third-order valence-corrected chi connectivity index (χ3v) is 4.94. The number of hydrogen-bond donors (Lipinski definition) is 2. The molecule has 0 radical (unpaired) electrons. The van der Waals surface area contributed by atoms with Crippen LogP contribution in [0.2, 0.25) is 0 Å². The number of amides is 3. The molecule has 1 saturated heterocycles. The number of rotatable bonds is 5. The zero-order chi connectivity index (χ0) is 18.4. The number of benzene rings is 1. The number of halogens is 1. The van der Waals surface area contributed by atoms with Gasteiger partial charge < -0.3 is 15.5 Å². The smallest absolute Gasteiger partial charge is 0.321 e. The van der Waals surface area contributed by atoms with Crippen LogP contribution in [0.25, 0.3) is 0 Å². The number of nitrogens with one attached hydrogen (secondary N) is 2. The zero-order valence-corrected chi connectivity index (χ0v) is 15.1. The summed E-state index contributed by atoms with van der Waals surface area (Å²) >= 11 is 1.50. The molecule has 3 amide bonds. The van der Waals surface area contributed by atoms with E-state index in [-0.39, 0.29) is 17.8 Å². The van der Waals surface area contributed by atoms with Crippen LogP contribution in [0.3, 0.4) is 0 Å². The summed E-state index contributed by atoms with van der Waals surface area (Å²) in [4.78, 5) is 28.1. The lowest BCUT2D eigenvalue weighted by Crippen LogP contribution is -2.51. The molecule has 6 nitrogen and oxygen atoms in total. The van der Waals surface area contributed by atoms with Crippen LogP contribution >= 0.6 is 11.3 Å². The summed E-state index contributed by atoms with van der Waals surface area (Å²) in [7, 11) is 0. The van der Waals surface area contributed by atoms with Crippen molar-refractivity contribution in [1.29, 1.82) is 0 Å². The fraction of sp³-hybridized carbons (Fsp3) is 0.333. The highest BCUT2D eigenvalue weighted by molar-refractivity contribution is 7.08. The van der Waals surface area contributed by atoms with E-state index in [1.54, 1.807) is 23.1 Å². The van der Waals surface area contributed by atoms with Crippen LogP contribution in [0.5, 0.6) is 0 Å². The van der Waals surface area contributed by atoms with Crippen molar-refractivity contribution in [3.63, 3.8) is 0 Å². The molecule has 1 fully saturated rings. The number of anilines is 1. The van der Waals surface area contributed by atoms with Crippen LogP contribution in [-0.4, -0.2) is 61.0 Å². The number of nitrogens with zero attached hydrogens (tertiary/aromatic N) is 2. The lowest BCUT2D eigenvalue weighted by atomic mass is 10.3. The monoisotopic (exact) mass is 376 g/mol. The van der Waals surface area contributed by atoms with Gasteiger partial charge in [-0.3, -0.25) is 9.69 Å². The molecule has 2 N–H and O–H groups in total. The highest BCUT2D eigenvalue weighted by Gasteiger charge is 2.21. The predicted octanol–water partition coefficient (Wildman–Crippen LogP) is 2.47. The highest BCUT2D eigenvalue weighted by Crippen LogP contribution is 2.10. The van der Waals surface area contributed by atoms with E-state index in [1.165, 1.54) is 23.5 Å². The SMILES string of the molecule is O=C(NCCN1CCN(C(=O)Nc2ccc(F)cc2)CC1)c1ccsc1. The van der Waals surface area contributed by atoms with Crippen molar-refractivity contribution in [1.82, 2.24) is 15.1 Å². The van der Waals surface area contributed by atoms with E-state index in [2.05, 4.69) is 15.5 Å². The molecule has 1 aromatic carbocycles. The summed E-state index contributed by atoms with van der Waals surface area (Å²) in [5.74, 6) is -0.383. The van der Waals surface area contributed by atoms with E-state index < -0.39 is 0 Å². The third-order valence-electron chi connectivity index (χ3n) is 4.25. The molecule has 0 bridgehead atoms. The van der Waals surface area contributed by atoms with Crippen molar-refractivity contribution in [2.45, 2.75) is 0 Å². The Balaban J connectivity index is 1.36. The van der Waals surface area contributed by atoms with Crippen LogP contribution in [0.4, 0.5) is 14.9 Å². The van der Waals surface area contributed by atoms with Crippen LogP contribution in [0.1, 0.15) is 10.4 Å². The Morgan fingerprint density at radius 2 is 1.81 bits per heavy atom. The summed E-state index contributed by atoms with van der Waals surface area (Å²) in [6, 6.07) is 7.34. The van der Waals surface area contributed by atoms with Gasteiger partial charge in [-0.1, -0.05) is 0 Å². The maximum Gasteiger partial charge on any atom is 0.321 e. The molecule has 1 aromatic heterocycles. The Kier molecular flexibility index (Phi) is 6.19. The van der Waals surface area contributed by atoms with Gasteiger partial charge in [0.1, 0.15) is 5.82 Å². The van der Waals surface area contributed by atoms with Crippen LogP contribution in [0.15, 0.2) is 41.1 Å². The Hall–Kier alpha value is -2.45. The molecular formula is C18H21FN4O2S. The summed E-state index contributed by atoms with van der Waals surface area (Å²) in [6.07, 6.45) is 0. The van der Waals surface area contributed by atoms with Crippen molar-refractivity contribution in [3.8, 4) is 0 Å². The van der Waals surface area contributed by atoms with E-state index in [4.69, 9.17) is 0 Å². The van der Waals surface area contributed by atoms with Gasteiger partial charge in [0.05, 0.1) is 0 Å². The minimum atomic E-state index is -0.331. The average Bonchev–Trinajstić information content (AvgIpc) is 3.19. The minimum Gasteiger partial charge on any atom is -0.351 e. The molecule has 26 heavy (non-hydrogen) atoms. The summed E-state index contributed by atoms with van der Waals surface area (Å²) in [5, 5.41) is 9.39. The van der Waals surface area contributed by atoms with Crippen LogP contribution in [0, 0.1) is 5.82 Å². The third kappa shape index (κ3) is 5.03. The minimum absolute atomic E-state index is 0.0523. The van der Waals surface area contributed by atoms with Crippen molar-refractivity contribution < 1.29 is 14.0 Å². The molecule has 1 aliphatic rings. The lowest BCUT2D eigenvalue weighted by Gasteiger charge is -2.34. The molecule has 138 valence electrons. The molecule has 2 aromatic rings. The first-order chi connectivity index (χ1) is 12.6. The largest absolute Gasteiger partial charge is 0.351 e. The first-order valence-corrected chi connectivity index (χ1v) is 9.40. The van der Waals surface area contributed by atoms with Gasteiger partial charge in [0.25, 0.3) is 5.91 Å². The number of hydrogen-bond acceptors (Lipinski definition) is 4. The van der Waals surface area contributed by atoms with E-state index in [9.17, 15) is 14.0 Å². The van der Waals surface area contributed by atoms with Crippen LogP contribution < -0.4 is 10.6 Å². The summed E-state index contributed by atoms with van der Waals surface area (Å²) < 4.78 is 12.9. The van der Waals surface area contributed by atoms with Gasteiger partial charge in [-0.2, -0.15) is 11.3 Å². The van der Waals surface area contributed by atoms with Crippen molar-refractivity contribution in [2.24, 2.45) is 0 Å². The molecule has 0 aliphatic carbocycles.